The summed E-state index contributed by atoms with van der Waals surface area (Å²) in [6.45, 7) is 7.17. The Bertz CT molecular complexity index is 1490. The standard InChI is InChI=1S/C30H30N6O2/c1-30(2,3)38-29(37)33-23-5-4-16-36(19-23)24-10-11-25-26(17-24)35-27(21-8-6-20(18-31)7-9-21)28(34-25)22-12-14-32-15-13-22/h6-15,17,23H,4-5,16,19H2,1-3H3,(H,33,37)/t23-/m0/s1. The van der Waals surface area contributed by atoms with Gasteiger partial charge in [-0.05, 0) is 76.1 Å². The number of benzene rings is 2. The molecule has 8 nitrogen and oxygen atoms in total. The van der Waals surface area contributed by atoms with Crippen LogP contribution < -0.4 is 10.2 Å². The summed E-state index contributed by atoms with van der Waals surface area (Å²) >= 11 is 0. The van der Waals surface area contributed by atoms with Gasteiger partial charge in [0, 0.05) is 48.3 Å². The van der Waals surface area contributed by atoms with E-state index in [1.54, 1.807) is 24.5 Å². The Labute approximate surface area is 222 Å². The van der Waals surface area contributed by atoms with Crippen molar-refractivity contribution in [2.75, 3.05) is 18.0 Å². The van der Waals surface area contributed by atoms with E-state index in [9.17, 15) is 10.1 Å². The lowest BCUT2D eigenvalue weighted by Crippen LogP contribution is -2.49. The molecule has 192 valence electrons. The minimum Gasteiger partial charge on any atom is -0.444 e. The lowest BCUT2D eigenvalue weighted by molar-refractivity contribution is 0.0500. The first-order valence-corrected chi connectivity index (χ1v) is 12.8. The normalized spacial score (nSPS) is 15.6. The van der Waals surface area contributed by atoms with Crippen molar-refractivity contribution in [1.82, 2.24) is 20.3 Å². The second kappa shape index (κ2) is 10.5. The lowest BCUT2D eigenvalue weighted by Gasteiger charge is -2.35. The molecule has 1 atom stereocenters. The smallest absolute Gasteiger partial charge is 0.407 e. The molecular weight excluding hydrogens is 476 g/mol. The maximum atomic E-state index is 12.3. The van der Waals surface area contributed by atoms with Crippen LogP contribution in [0.4, 0.5) is 10.5 Å². The van der Waals surface area contributed by atoms with E-state index in [2.05, 4.69) is 33.4 Å². The van der Waals surface area contributed by atoms with Crippen LogP contribution in [0.5, 0.6) is 0 Å². The number of piperidine rings is 1. The first kappa shape index (κ1) is 25.2. The molecule has 0 saturated carbocycles. The highest BCUT2D eigenvalue weighted by atomic mass is 16.6. The summed E-state index contributed by atoms with van der Waals surface area (Å²) < 4.78 is 5.45. The van der Waals surface area contributed by atoms with E-state index in [1.807, 2.05) is 51.1 Å². The van der Waals surface area contributed by atoms with Crippen molar-refractivity contribution in [2.45, 2.75) is 45.3 Å². The minimum absolute atomic E-state index is 0.00339. The number of amides is 1. The van der Waals surface area contributed by atoms with Crippen molar-refractivity contribution < 1.29 is 9.53 Å². The SMILES string of the molecule is CC(C)(C)OC(=O)N[C@H]1CCCN(c2ccc3nc(-c4ccncc4)c(-c4ccc(C#N)cc4)nc3c2)C1. The summed E-state index contributed by atoms with van der Waals surface area (Å²) in [6.07, 6.45) is 4.96. The molecule has 0 unspecified atom stereocenters. The Balaban J connectivity index is 1.47. The molecule has 1 saturated heterocycles. The summed E-state index contributed by atoms with van der Waals surface area (Å²) in [4.78, 5) is 28.8. The number of anilines is 1. The van der Waals surface area contributed by atoms with E-state index >= 15 is 0 Å². The van der Waals surface area contributed by atoms with Crippen LogP contribution in [-0.2, 0) is 4.74 Å². The van der Waals surface area contributed by atoms with Crippen LogP contribution in [-0.4, -0.2) is 45.8 Å². The molecule has 8 heteroatoms. The van der Waals surface area contributed by atoms with Gasteiger partial charge in [-0.15, -0.1) is 0 Å². The molecule has 5 rings (SSSR count). The second-order valence-electron chi connectivity index (χ2n) is 10.5. The van der Waals surface area contributed by atoms with Gasteiger partial charge in [0.1, 0.15) is 5.60 Å². The topological polar surface area (TPSA) is 104 Å². The molecule has 1 N–H and O–H groups in total. The van der Waals surface area contributed by atoms with Gasteiger partial charge in [-0.3, -0.25) is 4.98 Å². The van der Waals surface area contributed by atoms with Gasteiger partial charge in [0.2, 0.25) is 0 Å². The number of ether oxygens (including phenoxy) is 1. The predicted octanol–water partition coefficient (Wildman–Crippen LogP) is 5.72. The number of nitrogens with one attached hydrogen (secondary N) is 1. The Morgan fingerprint density at radius 2 is 1.68 bits per heavy atom. The van der Waals surface area contributed by atoms with Crippen LogP contribution in [0, 0.1) is 11.3 Å². The molecule has 1 aliphatic heterocycles. The first-order valence-electron chi connectivity index (χ1n) is 12.8. The number of hydrogen-bond acceptors (Lipinski definition) is 7. The van der Waals surface area contributed by atoms with Crippen molar-refractivity contribution in [3.63, 3.8) is 0 Å². The van der Waals surface area contributed by atoms with Crippen molar-refractivity contribution in [1.29, 1.82) is 5.26 Å². The number of alkyl carbamates (subject to hydrolysis) is 1. The van der Waals surface area contributed by atoms with Crippen LogP contribution in [0.25, 0.3) is 33.5 Å². The van der Waals surface area contributed by atoms with Crippen LogP contribution in [0.1, 0.15) is 39.2 Å². The Hall–Kier alpha value is -4.51. The Kier molecular flexibility index (Phi) is 6.93. The van der Waals surface area contributed by atoms with Gasteiger partial charge in [-0.2, -0.15) is 5.26 Å². The van der Waals surface area contributed by atoms with Crippen molar-refractivity contribution in [2.24, 2.45) is 0 Å². The zero-order chi connectivity index (χ0) is 26.7. The number of rotatable bonds is 4. The number of fused-ring (bicyclic) bond motifs is 1. The minimum atomic E-state index is -0.531. The fraction of sp³-hybridized carbons (Fsp3) is 0.300. The van der Waals surface area contributed by atoms with Gasteiger partial charge in [-0.1, -0.05) is 12.1 Å². The van der Waals surface area contributed by atoms with Crippen molar-refractivity contribution in [3.05, 3.63) is 72.6 Å². The Morgan fingerprint density at radius 1 is 1.00 bits per heavy atom. The van der Waals surface area contributed by atoms with Crippen LogP contribution in [0.2, 0.25) is 0 Å². The van der Waals surface area contributed by atoms with E-state index in [0.29, 0.717) is 12.1 Å². The fourth-order valence-corrected chi connectivity index (χ4v) is 4.66. The predicted molar refractivity (Wildman–Crippen MR) is 148 cm³/mol. The maximum Gasteiger partial charge on any atom is 0.407 e. The molecule has 0 aliphatic carbocycles. The number of pyridine rings is 1. The molecule has 1 amide bonds. The van der Waals surface area contributed by atoms with Gasteiger partial charge in [0.15, 0.2) is 0 Å². The highest BCUT2D eigenvalue weighted by molar-refractivity contribution is 5.88. The molecule has 2 aromatic carbocycles. The number of nitrogens with zero attached hydrogens (tertiary/aromatic N) is 5. The maximum absolute atomic E-state index is 12.3. The highest BCUT2D eigenvalue weighted by Gasteiger charge is 2.25. The molecule has 4 aromatic rings. The van der Waals surface area contributed by atoms with Gasteiger partial charge >= 0.3 is 6.09 Å². The molecule has 0 spiro atoms. The number of carbonyl (C=O) groups is 1. The summed E-state index contributed by atoms with van der Waals surface area (Å²) in [5, 5.41) is 12.2. The van der Waals surface area contributed by atoms with Crippen LogP contribution in [0.15, 0.2) is 67.0 Å². The van der Waals surface area contributed by atoms with Gasteiger partial charge in [0.05, 0.1) is 34.1 Å². The average molecular weight is 507 g/mol. The molecule has 1 aliphatic rings. The first-order chi connectivity index (χ1) is 18.3. The van der Waals surface area contributed by atoms with Crippen molar-refractivity contribution >= 4 is 22.8 Å². The number of hydrogen-bond donors (Lipinski definition) is 1. The fourth-order valence-electron chi connectivity index (χ4n) is 4.66. The monoisotopic (exact) mass is 506 g/mol. The second-order valence-corrected chi connectivity index (χ2v) is 10.5. The molecule has 3 heterocycles. The third-order valence-corrected chi connectivity index (χ3v) is 6.40. The van der Waals surface area contributed by atoms with Crippen LogP contribution >= 0.6 is 0 Å². The molecule has 1 fully saturated rings. The third kappa shape index (κ3) is 5.73. The molecule has 38 heavy (non-hydrogen) atoms. The van der Waals surface area contributed by atoms with Gasteiger partial charge in [0.25, 0.3) is 0 Å². The van der Waals surface area contributed by atoms with Crippen molar-refractivity contribution in [3.8, 4) is 28.6 Å². The van der Waals surface area contributed by atoms with E-state index in [-0.39, 0.29) is 12.1 Å². The summed E-state index contributed by atoms with van der Waals surface area (Å²) in [5.41, 5.74) is 5.97. The van der Waals surface area contributed by atoms with E-state index in [4.69, 9.17) is 14.7 Å². The number of aromatic nitrogens is 3. The Morgan fingerprint density at radius 3 is 2.37 bits per heavy atom. The molecule has 0 bridgehead atoms. The molecule has 2 aromatic heterocycles. The summed E-state index contributed by atoms with van der Waals surface area (Å²) in [7, 11) is 0. The zero-order valence-electron chi connectivity index (χ0n) is 21.8. The lowest BCUT2D eigenvalue weighted by atomic mass is 10.0. The summed E-state index contributed by atoms with van der Waals surface area (Å²) in [6, 6.07) is 19.5. The average Bonchev–Trinajstić information content (AvgIpc) is 2.91. The van der Waals surface area contributed by atoms with Gasteiger partial charge < -0.3 is 15.0 Å². The molecule has 0 radical (unpaired) electrons. The van der Waals surface area contributed by atoms with E-state index in [1.165, 1.54) is 0 Å². The third-order valence-electron chi connectivity index (χ3n) is 6.40. The number of carbonyl (C=O) groups excluding carboxylic acids is 1. The van der Waals surface area contributed by atoms with Gasteiger partial charge in [-0.25, -0.2) is 14.8 Å². The quantitative estimate of drug-likeness (QED) is 0.377. The summed E-state index contributed by atoms with van der Waals surface area (Å²) in [5.74, 6) is 0. The number of nitriles is 1. The van der Waals surface area contributed by atoms with Crippen LogP contribution in [0.3, 0.4) is 0 Å². The van der Waals surface area contributed by atoms with E-state index in [0.717, 1.165) is 58.6 Å². The highest BCUT2D eigenvalue weighted by Crippen LogP contribution is 2.32. The van der Waals surface area contributed by atoms with E-state index < -0.39 is 5.60 Å². The zero-order valence-corrected chi connectivity index (χ0v) is 21.8. The molecular formula is C30H30N6O2. The largest absolute Gasteiger partial charge is 0.444 e.